The van der Waals surface area contributed by atoms with Gasteiger partial charge in [-0.15, -0.1) is 0 Å². The van der Waals surface area contributed by atoms with E-state index in [1.54, 1.807) is 30.1 Å². The van der Waals surface area contributed by atoms with Crippen molar-refractivity contribution in [2.24, 2.45) is 0 Å². The number of aryl methyl sites for hydroxylation is 1. The molecule has 1 unspecified atom stereocenters. The number of methoxy groups -OCH3 is 2. The summed E-state index contributed by atoms with van der Waals surface area (Å²) in [6, 6.07) is 10.7. The number of nitrogens with zero attached hydrogens (tertiary/aromatic N) is 4. The van der Waals surface area contributed by atoms with Crippen molar-refractivity contribution in [1.82, 2.24) is 14.3 Å². The Morgan fingerprint density at radius 2 is 1.92 bits per heavy atom. The van der Waals surface area contributed by atoms with Gasteiger partial charge < -0.3 is 14.2 Å². The van der Waals surface area contributed by atoms with Crippen molar-refractivity contribution in [1.29, 1.82) is 5.26 Å². The molecular weight excluding hydrogens is 472 g/mol. The van der Waals surface area contributed by atoms with Crippen LogP contribution < -0.4 is 4.74 Å². The van der Waals surface area contributed by atoms with Crippen LogP contribution in [0.5, 0.6) is 5.75 Å². The van der Waals surface area contributed by atoms with E-state index in [0.717, 1.165) is 21.9 Å². The lowest BCUT2D eigenvalue weighted by atomic mass is 9.95. The number of ether oxygens (including phenoxy) is 3. The average Bonchev–Trinajstić information content (AvgIpc) is 3.48. The maximum Gasteiger partial charge on any atom is 0.419 e. The van der Waals surface area contributed by atoms with Crippen LogP contribution in [0.2, 0.25) is 0 Å². The molecule has 0 fully saturated rings. The van der Waals surface area contributed by atoms with Gasteiger partial charge in [-0.1, -0.05) is 0 Å². The van der Waals surface area contributed by atoms with Gasteiger partial charge in [0.05, 0.1) is 42.9 Å². The van der Waals surface area contributed by atoms with Crippen molar-refractivity contribution in [3.8, 4) is 11.8 Å². The Morgan fingerprint density at radius 1 is 1.16 bits per heavy atom. The molecule has 192 valence electrons. The fourth-order valence-electron chi connectivity index (χ4n) is 4.53. The number of carbonyl (C=O) groups is 2. The molecule has 37 heavy (non-hydrogen) atoms. The minimum atomic E-state index is -0.655. The summed E-state index contributed by atoms with van der Waals surface area (Å²) < 4.78 is 19.6. The van der Waals surface area contributed by atoms with Gasteiger partial charge in [0.1, 0.15) is 11.4 Å². The average molecular weight is 503 g/mol. The minimum absolute atomic E-state index is 0.145. The number of rotatable bonds is 6. The van der Waals surface area contributed by atoms with E-state index in [-0.39, 0.29) is 12.4 Å². The van der Waals surface area contributed by atoms with E-state index in [1.165, 1.54) is 11.7 Å². The van der Waals surface area contributed by atoms with Gasteiger partial charge in [0.15, 0.2) is 0 Å². The van der Waals surface area contributed by atoms with Crippen LogP contribution in [0.4, 0.5) is 4.79 Å². The summed E-state index contributed by atoms with van der Waals surface area (Å²) in [6.07, 6.45) is 3.60. The lowest BCUT2D eigenvalue weighted by Gasteiger charge is -2.23. The summed E-state index contributed by atoms with van der Waals surface area (Å²) in [5, 5.41) is 15.7. The van der Waals surface area contributed by atoms with Crippen LogP contribution in [0.1, 0.15) is 56.3 Å². The first kappa shape index (κ1) is 25.8. The molecule has 2 aromatic heterocycles. The van der Waals surface area contributed by atoms with Crippen molar-refractivity contribution in [2.75, 3.05) is 14.2 Å². The Bertz CT molecular complexity index is 1530. The van der Waals surface area contributed by atoms with Gasteiger partial charge in [-0.2, -0.15) is 10.4 Å². The predicted octanol–water partition coefficient (Wildman–Crippen LogP) is 5.51. The molecule has 4 aromatic rings. The SMILES string of the molecule is COC(=O)CCC(c1c(OC)cc(C)c2c1ccn2C(=O)OC(C)(C)C)n1cc2ccc(C#N)cc2n1. The van der Waals surface area contributed by atoms with E-state index >= 15 is 0 Å². The third-order valence-corrected chi connectivity index (χ3v) is 6.13. The summed E-state index contributed by atoms with van der Waals surface area (Å²) in [5.41, 5.74) is 2.82. The summed E-state index contributed by atoms with van der Waals surface area (Å²) in [4.78, 5) is 25.2. The van der Waals surface area contributed by atoms with Crippen molar-refractivity contribution in [3.05, 3.63) is 59.4 Å². The highest BCUT2D eigenvalue weighted by Crippen LogP contribution is 2.40. The second-order valence-corrected chi connectivity index (χ2v) is 9.86. The van der Waals surface area contributed by atoms with Crippen LogP contribution in [-0.2, 0) is 14.3 Å². The monoisotopic (exact) mass is 502 g/mol. The Hall–Kier alpha value is -4.32. The molecule has 0 saturated carbocycles. The summed E-state index contributed by atoms with van der Waals surface area (Å²) in [7, 11) is 2.94. The highest BCUT2D eigenvalue weighted by Gasteiger charge is 2.28. The minimum Gasteiger partial charge on any atom is -0.496 e. The fraction of sp³-hybridized carbons (Fsp3) is 0.357. The lowest BCUT2D eigenvalue weighted by molar-refractivity contribution is -0.140. The lowest BCUT2D eigenvalue weighted by Crippen LogP contribution is -2.26. The van der Waals surface area contributed by atoms with Gasteiger partial charge in [-0.05, 0) is 70.0 Å². The number of fused-ring (bicyclic) bond motifs is 2. The van der Waals surface area contributed by atoms with Crippen molar-refractivity contribution >= 4 is 33.9 Å². The van der Waals surface area contributed by atoms with Crippen LogP contribution in [-0.4, -0.2) is 46.2 Å². The first-order valence-electron chi connectivity index (χ1n) is 11.9. The van der Waals surface area contributed by atoms with E-state index in [9.17, 15) is 14.9 Å². The normalized spacial score (nSPS) is 12.4. The highest BCUT2D eigenvalue weighted by molar-refractivity contribution is 5.95. The first-order valence-corrected chi connectivity index (χ1v) is 11.9. The zero-order valence-corrected chi connectivity index (χ0v) is 21.9. The fourth-order valence-corrected chi connectivity index (χ4v) is 4.53. The Morgan fingerprint density at radius 3 is 2.57 bits per heavy atom. The molecule has 0 aliphatic carbocycles. The quantitative estimate of drug-likeness (QED) is 0.320. The van der Waals surface area contributed by atoms with Gasteiger partial charge in [-0.25, -0.2) is 4.79 Å². The van der Waals surface area contributed by atoms with Gasteiger partial charge in [0.2, 0.25) is 0 Å². The number of hydrogen-bond donors (Lipinski definition) is 0. The standard InChI is InChI=1S/C28H30N4O5/c1-17-13-23(35-5)25(20-11-12-31(26(17)20)27(34)37-28(2,3)4)22(9-10-24(33)36-6)32-16-19-8-7-18(15-29)14-21(19)30-32/h7-8,11-14,16,22H,9-10H2,1-6H3. The Labute approximate surface area is 215 Å². The maximum absolute atomic E-state index is 13.0. The number of nitriles is 1. The van der Waals surface area contributed by atoms with Crippen molar-refractivity contribution in [3.63, 3.8) is 0 Å². The molecule has 1 atom stereocenters. The molecule has 0 aliphatic rings. The van der Waals surface area contributed by atoms with E-state index in [1.807, 2.05) is 52.1 Å². The molecule has 0 N–H and O–H groups in total. The third-order valence-electron chi connectivity index (χ3n) is 6.13. The predicted molar refractivity (Wildman–Crippen MR) is 139 cm³/mol. The largest absolute Gasteiger partial charge is 0.496 e. The van der Waals surface area contributed by atoms with E-state index in [4.69, 9.17) is 19.3 Å². The third kappa shape index (κ3) is 5.14. The molecule has 0 saturated heterocycles. The number of aromatic nitrogens is 3. The maximum atomic E-state index is 13.0. The second kappa shape index (κ2) is 9.97. The van der Waals surface area contributed by atoms with Gasteiger partial charge in [0.25, 0.3) is 0 Å². The van der Waals surface area contributed by atoms with E-state index in [0.29, 0.717) is 28.8 Å². The van der Waals surface area contributed by atoms with Crippen LogP contribution in [0.15, 0.2) is 42.7 Å². The highest BCUT2D eigenvalue weighted by atomic mass is 16.6. The second-order valence-electron chi connectivity index (χ2n) is 9.86. The summed E-state index contributed by atoms with van der Waals surface area (Å²) in [5.74, 6) is 0.265. The molecule has 2 heterocycles. The van der Waals surface area contributed by atoms with Gasteiger partial charge in [-0.3, -0.25) is 14.0 Å². The zero-order chi connectivity index (χ0) is 26.9. The molecule has 4 rings (SSSR count). The molecule has 0 spiro atoms. The van der Waals surface area contributed by atoms with Crippen molar-refractivity contribution < 1.29 is 23.8 Å². The molecule has 9 nitrogen and oxygen atoms in total. The number of esters is 1. The van der Waals surface area contributed by atoms with Crippen LogP contribution in [0, 0.1) is 18.3 Å². The first-order chi connectivity index (χ1) is 17.6. The molecule has 0 aliphatic heterocycles. The Kier molecular flexibility index (Phi) is 6.94. The summed E-state index contributed by atoms with van der Waals surface area (Å²) in [6.45, 7) is 7.37. The molecule has 9 heteroatoms. The molecular formula is C28H30N4O5. The Balaban J connectivity index is 1.93. The molecule has 2 aromatic carbocycles. The smallest absolute Gasteiger partial charge is 0.419 e. The zero-order valence-electron chi connectivity index (χ0n) is 21.9. The molecule has 0 bridgehead atoms. The van der Waals surface area contributed by atoms with Crippen LogP contribution in [0.25, 0.3) is 21.8 Å². The summed E-state index contributed by atoms with van der Waals surface area (Å²) >= 11 is 0. The number of hydrogen-bond acceptors (Lipinski definition) is 7. The number of carbonyl (C=O) groups excluding carboxylic acids is 2. The van der Waals surface area contributed by atoms with Crippen LogP contribution >= 0.6 is 0 Å². The molecule has 0 amide bonds. The van der Waals surface area contributed by atoms with E-state index in [2.05, 4.69) is 6.07 Å². The molecule has 0 radical (unpaired) electrons. The topological polar surface area (TPSA) is 108 Å². The van der Waals surface area contributed by atoms with Gasteiger partial charge >= 0.3 is 12.1 Å². The van der Waals surface area contributed by atoms with Crippen molar-refractivity contribution in [2.45, 2.75) is 52.2 Å². The van der Waals surface area contributed by atoms with E-state index < -0.39 is 17.7 Å². The number of benzene rings is 2. The van der Waals surface area contributed by atoms with Crippen LogP contribution in [0.3, 0.4) is 0 Å². The van der Waals surface area contributed by atoms with Gasteiger partial charge in [0, 0.05) is 35.2 Å².